The third-order valence-corrected chi connectivity index (χ3v) is 3.41. The number of rotatable bonds is 8. The van der Waals surface area contributed by atoms with E-state index in [-0.39, 0.29) is 23.4 Å². The average molecular weight is 281 g/mol. The molecule has 2 unspecified atom stereocenters. The van der Waals surface area contributed by atoms with Crippen LogP contribution in [0.25, 0.3) is 0 Å². The molecule has 112 valence electrons. The highest BCUT2D eigenvalue weighted by Crippen LogP contribution is 2.30. The number of hydrogen-bond acceptors (Lipinski definition) is 6. The van der Waals surface area contributed by atoms with Crippen molar-refractivity contribution in [1.82, 2.24) is 9.97 Å². The van der Waals surface area contributed by atoms with Crippen molar-refractivity contribution in [1.29, 1.82) is 0 Å². The fraction of sp³-hybridized carbons (Fsp3) is 0.692. The number of nitrogens with zero attached hydrogens (tertiary/aromatic N) is 3. The van der Waals surface area contributed by atoms with E-state index in [0.29, 0.717) is 12.5 Å². The molecule has 0 bridgehead atoms. The van der Waals surface area contributed by atoms with Crippen molar-refractivity contribution in [2.75, 3.05) is 17.2 Å². The van der Waals surface area contributed by atoms with Crippen molar-refractivity contribution < 1.29 is 4.92 Å². The summed E-state index contributed by atoms with van der Waals surface area (Å²) in [4.78, 5) is 18.8. The predicted molar refractivity (Wildman–Crippen MR) is 80.0 cm³/mol. The molecule has 0 saturated heterocycles. The first-order valence-corrected chi connectivity index (χ1v) is 7.01. The maximum absolute atomic E-state index is 11.3. The Labute approximate surface area is 119 Å². The minimum Gasteiger partial charge on any atom is -0.364 e. The predicted octanol–water partition coefficient (Wildman–Crippen LogP) is 3.05. The van der Waals surface area contributed by atoms with Crippen LogP contribution in [-0.4, -0.2) is 27.5 Å². The van der Waals surface area contributed by atoms with E-state index in [1.165, 1.54) is 6.33 Å². The van der Waals surface area contributed by atoms with Crippen LogP contribution in [0.3, 0.4) is 0 Å². The van der Waals surface area contributed by atoms with Gasteiger partial charge in [0.05, 0.1) is 4.92 Å². The summed E-state index contributed by atoms with van der Waals surface area (Å²) < 4.78 is 0. The molecule has 0 aliphatic rings. The Kier molecular flexibility index (Phi) is 6.14. The highest BCUT2D eigenvalue weighted by Gasteiger charge is 2.24. The van der Waals surface area contributed by atoms with Crippen LogP contribution in [0.5, 0.6) is 0 Å². The van der Waals surface area contributed by atoms with Crippen molar-refractivity contribution in [3.05, 3.63) is 16.4 Å². The molecule has 7 heteroatoms. The maximum Gasteiger partial charge on any atom is 0.353 e. The van der Waals surface area contributed by atoms with E-state index in [1.54, 1.807) is 0 Å². The zero-order chi connectivity index (χ0) is 15.1. The monoisotopic (exact) mass is 281 g/mol. The van der Waals surface area contributed by atoms with E-state index < -0.39 is 4.92 Å². The second-order valence-corrected chi connectivity index (χ2v) is 4.92. The molecule has 0 saturated carbocycles. The first-order valence-electron chi connectivity index (χ1n) is 7.01. The third-order valence-electron chi connectivity index (χ3n) is 3.41. The zero-order valence-corrected chi connectivity index (χ0v) is 12.5. The average Bonchev–Trinajstić information content (AvgIpc) is 2.43. The van der Waals surface area contributed by atoms with Crippen LogP contribution in [0.4, 0.5) is 17.3 Å². The Hall–Kier alpha value is -1.92. The summed E-state index contributed by atoms with van der Waals surface area (Å²) in [6.45, 7) is 8.81. The highest BCUT2D eigenvalue weighted by molar-refractivity contribution is 5.69. The Morgan fingerprint density at radius 2 is 1.95 bits per heavy atom. The largest absolute Gasteiger partial charge is 0.364 e. The van der Waals surface area contributed by atoms with Gasteiger partial charge in [0.15, 0.2) is 0 Å². The molecule has 1 heterocycles. The fourth-order valence-electron chi connectivity index (χ4n) is 1.74. The molecule has 0 fully saturated rings. The van der Waals surface area contributed by atoms with E-state index >= 15 is 0 Å². The van der Waals surface area contributed by atoms with Gasteiger partial charge in [-0.2, -0.15) is 0 Å². The topological polar surface area (TPSA) is 93.0 Å². The molecule has 0 aliphatic carbocycles. The van der Waals surface area contributed by atoms with E-state index in [1.807, 2.05) is 13.8 Å². The van der Waals surface area contributed by atoms with Crippen LogP contribution in [0.15, 0.2) is 6.33 Å². The lowest BCUT2D eigenvalue weighted by molar-refractivity contribution is -0.383. The molecule has 1 aromatic heterocycles. The Morgan fingerprint density at radius 3 is 2.50 bits per heavy atom. The van der Waals surface area contributed by atoms with Crippen LogP contribution in [0, 0.1) is 16.0 Å². The van der Waals surface area contributed by atoms with Crippen molar-refractivity contribution in [2.45, 2.75) is 46.6 Å². The molecule has 2 atom stereocenters. The molecule has 2 N–H and O–H groups in total. The summed E-state index contributed by atoms with van der Waals surface area (Å²) in [5, 5.41) is 17.4. The molecule has 1 aromatic rings. The zero-order valence-electron chi connectivity index (χ0n) is 12.5. The highest BCUT2D eigenvalue weighted by atomic mass is 16.6. The molecule has 1 rings (SSSR count). The Balaban J connectivity index is 3.03. The van der Waals surface area contributed by atoms with Crippen LogP contribution in [0.2, 0.25) is 0 Å². The summed E-state index contributed by atoms with van der Waals surface area (Å²) in [6, 6.07) is 0.104. The number of nitro groups is 1. The molecule has 0 aromatic carbocycles. The molecule has 0 spiro atoms. The van der Waals surface area contributed by atoms with Crippen molar-refractivity contribution >= 4 is 17.3 Å². The normalized spacial score (nSPS) is 13.6. The minimum absolute atomic E-state index is 0.0869. The molecule has 0 aliphatic heterocycles. The summed E-state index contributed by atoms with van der Waals surface area (Å²) in [5.41, 5.74) is -0.0869. The molecule has 20 heavy (non-hydrogen) atoms. The van der Waals surface area contributed by atoms with E-state index in [0.717, 1.165) is 12.8 Å². The molecule has 0 radical (unpaired) electrons. The van der Waals surface area contributed by atoms with Crippen molar-refractivity contribution in [2.24, 2.45) is 5.92 Å². The number of aromatic nitrogens is 2. The third kappa shape index (κ3) is 4.04. The maximum atomic E-state index is 11.3. The smallest absolute Gasteiger partial charge is 0.353 e. The van der Waals surface area contributed by atoms with Gasteiger partial charge >= 0.3 is 5.69 Å². The molecule has 0 amide bonds. The van der Waals surface area contributed by atoms with Gasteiger partial charge in [-0.3, -0.25) is 10.1 Å². The van der Waals surface area contributed by atoms with Gasteiger partial charge in [0.2, 0.25) is 11.6 Å². The van der Waals surface area contributed by atoms with E-state index in [4.69, 9.17) is 0 Å². The van der Waals surface area contributed by atoms with Crippen LogP contribution >= 0.6 is 0 Å². The Bertz CT molecular complexity index is 452. The van der Waals surface area contributed by atoms with Gasteiger partial charge < -0.3 is 10.6 Å². The fourth-order valence-corrected chi connectivity index (χ4v) is 1.74. The van der Waals surface area contributed by atoms with Gasteiger partial charge in [-0.25, -0.2) is 9.97 Å². The standard InChI is InChI=1S/C13H23N5O2/c1-5-7-14-12-11(18(19)20)13(16-8-15-12)17-10(4)9(3)6-2/h8-10H,5-7H2,1-4H3,(H2,14,15,16,17). The SMILES string of the molecule is CCCNc1ncnc(NC(C)C(C)CC)c1[N+](=O)[O-]. The molecule has 7 nitrogen and oxygen atoms in total. The van der Waals surface area contributed by atoms with Gasteiger partial charge in [0.1, 0.15) is 6.33 Å². The van der Waals surface area contributed by atoms with Crippen LogP contribution < -0.4 is 10.6 Å². The Morgan fingerprint density at radius 1 is 1.30 bits per heavy atom. The second kappa shape index (κ2) is 7.62. The lowest BCUT2D eigenvalue weighted by atomic mass is 10.0. The number of nitrogens with one attached hydrogen (secondary N) is 2. The first kappa shape index (κ1) is 16.1. The second-order valence-electron chi connectivity index (χ2n) is 4.92. The molecular formula is C13H23N5O2. The van der Waals surface area contributed by atoms with Gasteiger partial charge in [-0.1, -0.05) is 27.2 Å². The van der Waals surface area contributed by atoms with Gasteiger partial charge in [-0.15, -0.1) is 0 Å². The number of anilines is 2. The summed E-state index contributed by atoms with van der Waals surface area (Å²) in [5.74, 6) is 0.943. The van der Waals surface area contributed by atoms with Gasteiger partial charge in [-0.05, 0) is 19.3 Å². The summed E-state index contributed by atoms with van der Waals surface area (Å²) in [6.07, 6.45) is 3.21. The van der Waals surface area contributed by atoms with Gasteiger partial charge in [0.25, 0.3) is 0 Å². The van der Waals surface area contributed by atoms with E-state index in [2.05, 4.69) is 34.4 Å². The number of hydrogen-bond donors (Lipinski definition) is 2. The van der Waals surface area contributed by atoms with Crippen molar-refractivity contribution in [3.63, 3.8) is 0 Å². The lowest BCUT2D eigenvalue weighted by Crippen LogP contribution is -2.24. The first-order chi connectivity index (χ1) is 9.51. The molecular weight excluding hydrogens is 258 g/mol. The quantitative estimate of drug-likeness (QED) is 0.562. The van der Waals surface area contributed by atoms with Crippen LogP contribution in [-0.2, 0) is 0 Å². The van der Waals surface area contributed by atoms with Crippen LogP contribution in [0.1, 0.15) is 40.5 Å². The van der Waals surface area contributed by atoms with E-state index in [9.17, 15) is 10.1 Å². The van der Waals surface area contributed by atoms with Gasteiger partial charge in [0, 0.05) is 12.6 Å². The summed E-state index contributed by atoms with van der Waals surface area (Å²) >= 11 is 0. The lowest BCUT2D eigenvalue weighted by Gasteiger charge is -2.20. The van der Waals surface area contributed by atoms with Crippen molar-refractivity contribution in [3.8, 4) is 0 Å². The summed E-state index contributed by atoms with van der Waals surface area (Å²) in [7, 11) is 0. The minimum atomic E-state index is -0.441.